The summed E-state index contributed by atoms with van der Waals surface area (Å²) in [6, 6.07) is 10.7. The van der Waals surface area contributed by atoms with Crippen LogP contribution in [0.3, 0.4) is 0 Å². The zero-order valence-corrected chi connectivity index (χ0v) is 12.1. The van der Waals surface area contributed by atoms with Crippen LogP contribution in [0.1, 0.15) is 39.2 Å². The molecule has 1 atom stereocenters. The molecule has 0 aliphatic heterocycles. The summed E-state index contributed by atoms with van der Waals surface area (Å²) in [7, 11) is 0. The Morgan fingerprint density at radius 3 is 2.53 bits per heavy atom. The number of amidine groups is 1. The topological polar surface area (TPSA) is 70.6 Å². The molecule has 4 N–H and O–H groups in total. The van der Waals surface area contributed by atoms with E-state index in [1.807, 2.05) is 6.07 Å². The third-order valence-corrected chi connectivity index (χ3v) is 3.46. The number of nitrogens with one attached hydrogen (secondary N) is 1. The van der Waals surface area contributed by atoms with Crippen molar-refractivity contribution in [2.75, 3.05) is 6.54 Å². The number of benzene rings is 1. The van der Waals surface area contributed by atoms with Crippen molar-refractivity contribution in [3.05, 3.63) is 35.9 Å². The second-order valence-corrected chi connectivity index (χ2v) is 5.53. The van der Waals surface area contributed by atoms with Gasteiger partial charge in [0.25, 0.3) is 0 Å². The van der Waals surface area contributed by atoms with Gasteiger partial charge in [0, 0.05) is 24.4 Å². The van der Waals surface area contributed by atoms with E-state index in [4.69, 9.17) is 10.9 Å². The van der Waals surface area contributed by atoms with Gasteiger partial charge in [-0.3, -0.25) is 0 Å². The van der Waals surface area contributed by atoms with E-state index >= 15 is 0 Å². The molecule has 0 saturated heterocycles. The van der Waals surface area contributed by atoms with Gasteiger partial charge in [-0.1, -0.05) is 56.3 Å². The van der Waals surface area contributed by atoms with Crippen LogP contribution >= 0.6 is 0 Å². The molecule has 106 valence electrons. The summed E-state index contributed by atoms with van der Waals surface area (Å²) in [5.74, 6) is 0.275. The van der Waals surface area contributed by atoms with Crippen LogP contribution in [0.2, 0.25) is 0 Å². The predicted octanol–water partition coefficient (Wildman–Crippen LogP) is 2.47. The Hall–Kier alpha value is -1.55. The highest BCUT2D eigenvalue weighted by Gasteiger charge is 2.21. The van der Waals surface area contributed by atoms with Crippen molar-refractivity contribution in [2.45, 2.75) is 45.1 Å². The van der Waals surface area contributed by atoms with Crippen LogP contribution in [0.4, 0.5) is 0 Å². The minimum Gasteiger partial charge on any atom is -0.409 e. The van der Waals surface area contributed by atoms with Crippen LogP contribution in [0.25, 0.3) is 0 Å². The lowest BCUT2D eigenvalue weighted by Gasteiger charge is -2.28. The van der Waals surface area contributed by atoms with E-state index in [-0.39, 0.29) is 17.3 Å². The number of rotatable bonds is 7. The molecule has 0 aromatic heterocycles. The quantitative estimate of drug-likeness (QED) is 0.306. The maximum Gasteiger partial charge on any atom is 0.140 e. The lowest BCUT2D eigenvalue weighted by molar-refractivity contribution is 0.314. The van der Waals surface area contributed by atoms with E-state index in [0.717, 1.165) is 13.0 Å². The first kappa shape index (κ1) is 15.5. The number of nitrogens with zero attached hydrogens (tertiary/aromatic N) is 1. The Kier molecular flexibility index (Phi) is 5.83. The molecule has 1 unspecified atom stereocenters. The zero-order valence-electron chi connectivity index (χ0n) is 12.1. The molecule has 0 aliphatic carbocycles. The first-order valence-electron chi connectivity index (χ1n) is 6.75. The molecule has 0 amide bonds. The van der Waals surface area contributed by atoms with E-state index in [0.29, 0.717) is 6.42 Å². The van der Waals surface area contributed by atoms with Crippen LogP contribution in [0, 0.1) is 0 Å². The molecular formula is C15H25N3O. The van der Waals surface area contributed by atoms with Gasteiger partial charge in [-0.2, -0.15) is 0 Å². The molecule has 1 aromatic carbocycles. The van der Waals surface area contributed by atoms with E-state index in [2.05, 4.69) is 55.5 Å². The Balaban J connectivity index is 2.59. The second kappa shape index (κ2) is 7.14. The molecule has 1 rings (SSSR count). The monoisotopic (exact) mass is 263 g/mol. The Morgan fingerprint density at radius 1 is 1.37 bits per heavy atom. The highest BCUT2D eigenvalue weighted by molar-refractivity contribution is 5.80. The second-order valence-electron chi connectivity index (χ2n) is 5.53. The molecule has 0 radical (unpaired) electrons. The van der Waals surface area contributed by atoms with E-state index in [9.17, 15) is 0 Å². The first-order chi connectivity index (χ1) is 8.99. The zero-order chi connectivity index (χ0) is 14.3. The summed E-state index contributed by atoms with van der Waals surface area (Å²) in [4.78, 5) is 0. The van der Waals surface area contributed by atoms with Crippen molar-refractivity contribution in [1.29, 1.82) is 0 Å². The Labute approximate surface area is 115 Å². The fourth-order valence-corrected chi connectivity index (χ4v) is 2.05. The van der Waals surface area contributed by atoms with Gasteiger partial charge in [0.1, 0.15) is 5.84 Å². The maximum absolute atomic E-state index is 8.62. The average molecular weight is 263 g/mol. The molecule has 0 aliphatic rings. The maximum atomic E-state index is 8.62. The molecule has 0 spiro atoms. The SMILES string of the molecule is CCC(CC(N)=NO)NCC(C)(C)c1ccccc1. The minimum absolute atomic E-state index is 0.0554. The van der Waals surface area contributed by atoms with Crippen molar-refractivity contribution in [3.63, 3.8) is 0 Å². The lowest BCUT2D eigenvalue weighted by Crippen LogP contribution is -2.40. The van der Waals surface area contributed by atoms with Crippen LogP contribution in [0.15, 0.2) is 35.5 Å². The highest BCUT2D eigenvalue weighted by Crippen LogP contribution is 2.22. The normalized spacial score (nSPS) is 14.4. The van der Waals surface area contributed by atoms with Crippen molar-refractivity contribution < 1.29 is 5.21 Å². The van der Waals surface area contributed by atoms with Crippen LogP contribution < -0.4 is 11.1 Å². The van der Waals surface area contributed by atoms with Crippen molar-refractivity contribution in [2.24, 2.45) is 10.9 Å². The number of hydrogen-bond donors (Lipinski definition) is 3. The largest absolute Gasteiger partial charge is 0.409 e. The van der Waals surface area contributed by atoms with E-state index in [1.54, 1.807) is 0 Å². The van der Waals surface area contributed by atoms with Gasteiger partial charge in [0.05, 0.1) is 0 Å². The van der Waals surface area contributed by atoms with Gasteiger partial charge >= 0.3 is 0 Å². The number of oxime groups is 1. The van der Waals surface area contributed by atoms with Gasteiger partial charge in [0.15, 0.2) is 0 Å². The molecular weight excluding hydrogens is 238 g/mol. The van der Waals surface area contributed by atoms with Gasteiger partial charge < -0.3 is 16.3 Å². The van der Waals surface area contributed by atoms with Crippen LogP contribution in [-0.2, 0) is 5.41 Å². The standard InChI is InChI=1S/C15H25N3O/c1-4-13(10-14(16)18-19)17-11-15(2,3)12-8-6-5-7-9-12/h5-9,13,17,19H,4,10-11H2,1-3H3,(H2,16,18). The van der Waals surface area contributed by atoms with Gasteiger partial charge in [-0.05, 0) is 12.0 Å². The smallest absolute Gasteiger partial charge is 0.140 e. The summed E-state index contributed by atoms with van der Waals surface area (Å²) < 4.78 is 0. The van der Waals surface area contributed by atoms with Gasteiger partial charge in [-0.25, -0.2) is 0 Å². The molecule has 4 nitrogen and oxygen atoms in total. The third kappa shape index (κ3) is 4.91. The Bertz CT molecular complexity index is 401. The number of nitrogens with two attached hydrogens (primary N) is 1. The Morgan fingerprint density at radius 2 is 2.00 bits per heavy atom. The van der Waals surface area contributed by atoms with Gasteiger partial charge in [0.2, 0.25) is 0 Å². The summed E-state index contributed by atoms with van der Waals surface area (Å²) in [5, 5.41) is 15.2. The van der Waals surface area contributed by atoms with Crippen molar-refractivity contribution in [3.8, 4) is 0 Å². The molecule has 19 heavy (non-hydrogen) atoms. The van der Waals surface area contributed by atoms with Crippen LogP contribution in [-0.4, -0.2) is 23.6 Å². The fourth-order valence-electron chi connectivity index (χ4n) is 2.05. The summed E-state index contributed by atoms with van der Waals surface area (Å²) >= 11 is 0. The van der Waals surface area contributed by atoms with E-state index < -0.39 is 0 Å². The lowest BCUT2D eigenvalue weighted by atomic mass is 9.84. The molecule has 0 saturated carbocycles. The minimum atomic E-state index is 0.0554. The highest BCUT2D eigenvalue weighted by atomic mass is 16.4. The molecule has 0 heterocycles. The molecule has 0 bridgehead atoms. The molecule has 0 fully saturated rings. The average Bonchev–Trinajstić information content (AvgIpc) is 2.44. The summed E-state index contributed by atoms with van der Waals surface area (Å²) in [6.07, 6.45) is 1.51. The fraction of sp³-hybridized carbons (Fsp3) is 0.533. The summed E-state index contributed by atoms with van der Waals surface area (Å²) in [5.41, 5.74) is 6.92. The van der Waals surface area contributed by atoms with Crippen molar-refractivity contribution in [1.82, 2.24) is 5.32 Å². The van der Waals surface area contributed by atoms with Gasteiger partial charge in [-0.15, -0.1) is 0 Å². The predicted molar refractivity (Wildman–Crippen MR) is 79.6 cm³/mol. The third-order valence-electron chi connectivity index (χ3n) is 3.46. The molecule has 1 aromatic rings. The molecule has 4 heteroatoms. The summed E-state index contributed by atoms with van der Waals surface area (Å²) in [6.45, 7) is 7.38. The van der Waals surface area contributed by atoms with Crippen molar-refractivity contribution >= 4 is 5.84 Å². The van der Waals surface area contributed by atoms with E-state index in [1.165, 1.54) is 5.56 Å². The first-order valence-corrected chi connectivity index (χ1v) is 6.75. The number of hydrogen-bond acceptors (Lipinski definition) is 3. The van der Waals surface area contributed by atoms with Crippen LogP contribution in [0.5, 0.6) is 0 Å².